The van der Waals surface area contributed by atoms with Crippen molar-refractivity contribution in [2.45, 2.75) is 11.8 Å². The molecule has 0 spiro atoms. The van der Waals surface area contributed by atoms with Gasteiger partial charge in [0.05, 0.1) is 7.11 Å². The fourth-order valence-corrected chi connectivity index (χ4v) is 3.22. The predicted molar refractivity (Wildman–Crippen MR) is 109 cm³/mol. The van der Waals surface area contributed by atoms with Gasteiger partial charge in [0.25, 0.3) is 0 Å². The second kappa shape index (κ2) is 9.77. The first-order chi connectivity index (χ1) is 11.6. The molecular formula is C18H21ClN2OS2. The van der Waals surface area contributed by atoms with Crippen LogP contribution >= 0.6 is 35.6 Å². The number of hydrogen-bond donors (Lipinski definition) is 2. The van der Waals surface area contributed by atoms with E-state index in [1.54, 1.807) is 7.11 Å². The summed E-state index contributed by atoms with van der Waals surface area (Å²) in [6.45, 7) is 3.01. The topological polar surface area (TPSA) is 33.3 Å². The molecule has 6 heteroatoms. The highest BCUT2D eigenvalue weighted by molar-refractivity contribution is 7.99. The van der Waals surface area contributed by atoms with E-state index in [9.17, 15) is 0 Å². The molecule has 0 radical (unpaired) electrons. The van der Waals surface area contributed by atoms with E-state index < -0.39 is 0 Å². The maximum atomic E-state index is 5.90. The first-order valence-electron chi connectivity index (χ1n) is 7.64. The molecule has 0 aliphatic carbocycles. The van der Waals surface area contributed by atoms with Gasteiger partial charge >= 0.3 is 0 Å². The van der Waals surface area contributed by atoms with Crippen LogP contribution in [-0.2, 0) is 0 Å². The fraction of sp³-hybridized carbons (Fsp3) is 0.278. The summed E-state index contributed by atoms with van der Waals surface area (Å²) in [5.74, 6) is 2.29. The molecule has 0 bridgehead atoms. The van der Waals surface area contributed by atoms with E-state index in [2.05, 4.69) is 17.6 Å². The smallest absolute Gasteiger partial charge is 0.170 e. The molecular weight excluding hydrogens is 360 g/mol. The van der Waals surface area contributed by atoms with E-state index in [-0.39, 0.29) is 0 Å². The second-order valence-electron chi connectivity index (χ2n) is 5.44. The lowest BCUT2D eigenvalue weighted by atomic mass is 10.2. The van der Waals surface area contributed by atoms with E-state index in [0.717, 1.165) is 28.8 Å². The third-order valence-electron chi connectivity index (χ3n) is 3.29. The van der Waals surface area contributed by atoms with Crippen molar-refractivity contribution in [2.75, 3.05) is 24.7 Å². The molecule has 0 saturated carbocycles. The average molecular weight is 381 g/mol. The SMILES string of the molecule is COc1cccc(NC(=S)NC[C@H](C)CSc2ccc(Cl)cc2)c1. The summed E-state index contributed by atoms with van der Waals surface area (Å²) in [5, 5.41) is 7.81. The summed E-state index contributed by atoms with van der Waals surface area (Å²) in [5.41, 5.74) is 0.912. The molecule has 0 fully saturated rings. The zero-order valence-electron chi connectivity index (χ0n) is 13.7. The number of halogens is 1. The van der Waals surface area contributed by atoms with E-state index in [1.165, 1.54) is 4.90 Å². The summed E-state index contributed by atoms with van der Waals surface area (Å²) in [6, 6.07) is 15.6. The monoisotopic (exact) mass is 380 g/mol. The molecule has 24 heavy (non-hydrogen) atoms. The number of rotatable bonds is 7. The van der Waals surface area contributed by atoms with Gasteiger partial charge in [0.1, 0.15) is 5.75 Å². The minimum atomic E-state index is 0.482. The molecule has 0 unspecified atom stereocenters. The van der Waals surface area contributed by atoms with Gasteiger partial charge in [-0.1, -0.05) is 24.6 Å². The standard InChI is InChI=1S/C18H21ClN2OS2/c1-13(12-24-17-8-6-14(19)7-9-17)11-20-18(23)21-15-4-3-5-16(10-15)22-2/h3-10,13H,11-12H2,1-2H3,(H2,20,21,23)/t13-/m0/s1. The highest BCUT2D eigenvalue weighted by Gasteiger charge is 2.05. The van der Waals surface area contributed by atoms with Gasteiger partial charge in [-0.25, -0.2) is 0 Å². The van der Waals surface area contributed by atoms with Crippen LogP contribution in [0.2, 0.25) is 5.02 Å². The molecule has 128 valence electrons. The number of benzene rings is 2. The van der Waals surface area contributed by atoms with Gasteiger partial charge in [-0.05, 0) is 54.5 Å². The molecule has 3 nitrogen and oxygen atoms in total. The Hall–Kier alpha value is -1.43. The summed E-state index contributed by atoms with van der Waals surface area (Å²) >= 11 is 13.1. The largest absolute Gasteiger partial charge is 0.497 e. The first kappa shape index (κ1) is 18.9. The van der Waals surface area contributed by atoms with E-state index in [1.807, 2.05) is 60.3 Å². The van der Waals surface area contributed by atoms with Gasteiger partial charge in [-0.3, -0.25) is 0 Å². The number of ether oxygens (including phenoxy) is 1. The van der Waals surface area contributed by atoms with Gasteiger partial charge in [-0.15, -0.1) is 11.8 Å². The Labute approximate surface area is 158 Å². The van der Waals surface area contributed by atoms with Gasteiger partial charge in [-0.2, -0.15) is 0 Å². The molecule has 2 aromatic carbocycles. The lowest BCUT2D eigenvalue weighted by Crippen LogP contribution is -2.32. The van der Waals surface area contributed by atoms with E-state index in [0.29, 0.717) is 11.0 Å². The Balaban J connectivity index is 1.71. The number of nitrogens with one attached hydrogen (secondary N) is 2. The molecule has 2 rings (SSSR count). The van der Waals surface area contributed by atoms with Gasteiger partial charge in [0.2, 0.25) is 0 Å². The van der Waals surface area contributed by atoms with Crippen LogP contribution in [0.25, 0.3) is 0 Å². The van der Waals surface area contributed by atoms with Crippen LogP contribution in [0.4, 0.5) is 5.69 Å². The quantitative estimate of drug-likeness (QED) is 0.518. The predicted octanol–water partition coefficient (Wildman–Crippen LogP) is 5.06. The summed E-state index contributed by atoms with van der Waals surface area (Å²) in [6.07, 6.45) is 0. The van der Waals surface area contributed by atoms with Gasteiger partial charge < -0.3 is 15.4 Å². The molecule has 2 N–H and O–H groups in total. The number of thiocarbonyl (C=S) groups is 1. The molecule has 0 aliphatic rings. The van der Waals surface area contributed by atoms with Crippen LogP contribution in [0.3, 0.4) is 0 Å². The summed E-state index contributed by atoms with van der Waals surface area (Å²) in [4.78, 5) is 1.23. The number of methoxy groups -OCH3 is 1. The van der Waals surface area contributed by atoms with E-state index >= 15 is 0 Å². The molecule has 2 aromatic rings. The lowest BCUT2D eigenvalue weighted by molar-refractivity contribution is 0.415. The molecule has 0 aliphatic heterocycles. The van der Waals surface area contributed by atoms with Crippen LogP contribution in [0, 0.1) is 5.92 Å². The minimum absolute atomic E-state index is 0.482. The van der Waals surface area contributed by atoms with Gasteiger partial charge in [0, 0.05) is 34.0 Å². The van der Waals surface area contributed by atoms with Crippen molar-refractivity contribution in [3.05, 3.63) is 53.6 Å². The Bertz CT molecular complexity index is 664. The Kier molecular flexibility index (Phi) is 7.69. The van der Waals surface area contributed by atoms with Gasteiger partial charge in [0.15, 0.2) is 5.11 Å². The van der Waals surface area contributed by atoms with Crippen molar-refractivity contribution in [3.63, 3.8) is 0 Å². The normalized spacial score (nSPS) is 11.6. The third kappa shape index (κ3) is 6.59. The van der Waals surface area contributed by atoms with Crippen molar-refractivity contribution >= 4 is 46.4 Å². The van der Waals surface area contributed by atoms with Crippen LogP contribution in [0.1, 0.15) is 6.92 Å². The number of hydrogen-bond acceptors (Lipinski definition) is 3. The average Bonchev–Trinajstić information content (AvgIpc) is 2.59. The lowest BCUT2D eigenvalue weighted by Gasteiger charge is -2.15. The number of anilines is 1. The maximum Gasteiger partial charge on any atom is 0.170 e. The molecule has 0 saturated heterocycles. The van der Waals surface area contributed by atoms with Crippen LogP contribution in [-0.4, -0.2) is 24.5 Å². The van der Waals surface area contributed by atoms with Crippen molar-refractivity contribution in [1.82, 2.24) is 5.32 Å². The molecule has 1 atom stereocenters. The van der Waals surface area contributed by atoms with Crippen LogP contribution < -0.4 is 15.4 Å². The molecule has 0 amide bonds. The molecule has 0 heterocycles. The van der Waals surface area contributed by atoms with Crippen LogP contribution in [0.5, 0.6) is 5.75 Å². The Morgan fingerprint density at radius 2 is 2.00 bits per heavy atom. The van der Waals surface area contributed by atoms with Crippen molar-refractivity contribution < 1.29 is 4.74 Å². The Morgan fingerprint density at radius 1 is 1.25 bits per heavy atom. The van der Waals surface area contributed by atoms with Crippen LogP contribution in [0.15, 0.2) is 53.4 Å². The summed E-state index contributed by atoms with van der Waals surface area (Å²) < 4.78 is 5.20. The second-order valence-corrected chi connectivity index (χ2v) is 7.38. The molecule has 0 aromatic heterocycles. The highest BCUT2D eigenvalue weighted by Crippen LogP contribution is 2.22. The summed E-state index contributed by atoms with van der Waals surface area (Å²) in [7, 11) is 1.65. The third-order valence-corrected chi connectivity index (χ3v) is 5.13. The first-order valence-corrected chi connectivity index (χ1v) is 9.41. The minimum Gasteiger partial charge on any atom is -0.497 e. The maximum absolute atomic E-state index is 5.90. The van der Waals surface area contributed by atoms with Crippen molar-refractivity contribution in [2.24, 2.45) is 5.92 Å². The van der Waals surface area contributed by atoms with E-state index in [4.69, 9.17) is 28.6 Å². The Morgan fingerprint density at radius 3 is 2.71 bits per heavy atom. The van der Waals surface area contributed by atoms with Crippen molar-refractivity contribution in [3.8, 4) is 5.75 Å². The highest BCUT2D eigenvalue weighted by atomic mass is 35.5. The van der Waals surface area contributed by atoms with Crippen molar-refractivity contribution in [1.29, 1.82) is 0 Å². The number of thioether (sulfide) groups is 1. The zero-order valence-corrected chi connectivity index (χ0v) is 16.1. The zero-order chi connectivity index (χ0) is 17.4. The fourth-order valence-electron chi connectivity index (χ4n) is 1.97.